The van der Waals surface area contributed by atoms with Crippen LogP contribution in [0.4, 0.5) is 0 Å². The topological polar surface area (TPSA) is 87.4 Å². The maximum absolute atomic E-state index is 12.6. The van der Waals surface area contributed by atoms with Crippen molar-refractivity contribution >= 4 is 47.6 Å². The lowest BCUT2D eigenvalue weighted by atomic mass is 10.1. The van der Waals surface area contributed by atoms with Crippen molar-refractivity contribution in [1.82, 2.24) is 30.3 Å². The van der Waals surface area contributed by atoms with Gasteiger partial charge in [0.1, 0.15) is 5.82 Å². The predicted molar refractivity (Wildman–Crippen MR) is 142 cm³/mol. The van der Waals surface area contributed by atoms with Gasteiger partial charge in [0.25, 0.3) is 0 Å². The van der Waals surface area contributed by atoms with E-state index in [2.05, 4.69) is 44.2 Å². The molecule has 182 valence electrons. The summed E-state index contributed by atoms with van der Waals surface area (Å²) in [7, 11) is 1.80. The number of likely N-dealkylation sites (tertiary alicyclic amines) is 1. The third kappa shape index (κ3) is 7.50. The molecule has 2 fully saturated rings. The van der Waals surface area contributed by atoms with Gasteiger partial charge in [0.2, 0.25) is 5.91 Å². The van der Waals surface area contributed by atoms with E-state index < -0.39 is 0 Å². The van der Waals surface area contributed by atoms with Crippen LogP contribution in [-0.2, 0) is 17.8 Å². The Morgan fingerprint density at radius 2 is 2.00 bits per heavy atom. The molecule has 1 amide bonds. The van der Waals surface area contributed by atoms with Gasteiger partial charge in [0.15, 0.2) is 11.1 Å². The molecule has 0 radical (unpaired) electrons. The van der Waals surface area contributed by atoms with E-state index in [1.54, 1.807) is 18.8 Å². The fraction of sp³-hybridized carbons (Fsp3) is 0.818. The van der Waals surface area contributed by atoms with Crippen LogP contribution in [0.5, 0.6) is 0 Å². The third-order valence-electron chi connectivity index (χ3n) is 6.16. The van der Waals surface area contributed by atoms with E-state index in [4.69, 9.17) is 0 Å². The van der Waals surface area contributed by atoms with E-state index >= 15 is 0 Å². The summed E-state index contributed by atoms with van der Waals surface area (Å²) in [6.07, 6.45) is 9.42. The number of halogens is 1. The van der Waals surface area contributed by atoms with Gasteiger partial charge in [0, 0.05) is 51.6 Å². The predicted octanol–water partition coefficient (Wildman–Crippen LogP) is 3.16. The zero-order valence-electron chi connectivity index (χ0n) is 20.0. The highest BCUT2D eigenvalue weighted by Gasteiger charge is 2.32. The summed E-state index contributed by atoms with van der Waals surface area (Å²) in [6.45, 7) is 7.85. The van der Waals surface area contributed by atoms with Crippen molar-refractivity contribution < 1.29 is 4.79 Å². The molecule has 2 N–H and O–H groups in total. The van der Waals surface area contributed by atoms with Crippen molar-refractivity contribution in [2.45, 2.75) is 76.5 Å². The molecule has 3 rings (SSSR count). The number of aromatic nitrogens is 3. The quantitative estimate of drug-likeness (QED) is 0.154. The second-order valence-corrected chi connectivity index (χ2v) is 9.88. The number of nitrogens with zero attached hydrogens (tertiary/aromatic N) is 5. The highest BCUT2D eigenvalue weighted by Crippen LogP contribution is 2.27. The molecule has 1 aromatic heterocycles. The van der Waals surface area contributed by atoms with E-state index in [1.165, 1.54) is 12.8 Å². The Balaban J connectivity index is 0.00000363. The standard InChI is InChI=1S/C22H39N7OS.HI/c1-16(2)14-29-19(26-27-22(29)31-4)10-7-12-24-21(23-3)25-18-11-13-28(15-18)20(30)17-8-5-6-9-17;/h16-18H,5-15H2,1-4H3,(H2,23,24,25);1H. The molecule has 32 heavy (non-hydrogen) atoms. The molecular formula is C22H40IN7OS. The molecule has 8 nitrogen and oxygen atoms in total. The molecule has 2 heterocycles. The number of carbonyl (C=O) groups excluding carboxylic acids is 1. The number of hydrogen-bond donors (Lipinski definition) is 2. The lowest BCUT2D eigenvalue weighted by Gasteiger charge is -2.21. The van der Waals surface area contributed by atoms with Crippen LogP contribution in [0, 0.1) is 11.8 Å². The average molecular weight is 578 g/mol. The zero-order valence-corrected chi connectivity index (χ0v) is 23.1. The molecule has 0 aromatic carbocycles. The van der Waals surface area contributed by atoms with E-state index in [9.17, 15) is 4.79 Å². The maximum atomic E-state index is 12.6. The van der Waals surface area contributed by atoms with Gasteiger partial charge in [-0.25, -0.2) is 0 Å². The zero-order chi connectivity index (χ0) is 22.2. The van der Waals surface area contributed by atoms with Crippen LogP contribution in [-0.4, -0.2) is 70.5 Å². The number of hydrogen-bond acceptors (Lipinski definition) is 5. The Kier molecular flexibility index (Phi) is 11.6. The highest BCUT2D eigenvalue weighted by molar-refractivity contribution is 14.0. The van der Waals surface area contributed by atoms with E-state index in [0.29, 0.717) is 11.8 Å². The summed E-state index contributed by atoms with van der Waals surface area (Å²) in [5.41, 5.74) is 0. The van der Waals surface area contributed by atoms with E-state index in [1.807, 2.05) is 11.2 Å². The maximum Gasteiger partial charge on any atom is 0.225 e. The molecule has 1 unspecified atom stereocenters. The molecule has 1 aliphatic carbocycles. The molecule has 1 saturated carbocycles. The second kappa shape index (κ2) is 13.6. The van der Waals surface area contributed by atoms with Gasteiger partial charge < -0.3 is 20.1 Å². The van der Waals surface area contributed by atoms with Crippen LogP contribution in [0.1, 0.15) is 58.2 Å². The number of thioether (sulfide) groups is 1. The fourth-order valence-corrected chi connectivity index (χ4v) is 5.08. The first kappa shape index (κ1) is 27.2. The highest BCUT2D eigenvalue weighted by atomic mass is 127. The second-order valence-electron chi connectivity index (χ2n) is 9.11. The van der Waals surface area contributed by atoms with Crippen molar-refractivity contribution in [1.29, 1.82) is 0 Å². The van der Waals surface area contributed by atoms with Crippen LogP contribution in [0.25, 0.3) is 0 Å². The minimum Gasteiger partial charge on any atom is -0.356 e. The largest absolute Gasteiger partial charge is 0.356 e. The summed E-state index contributed by atoms with van der Waals surface area (Å²) in [6, 6.07) is 0.273. The van der Waals surface area contributed by atoms with Crippen molar-refractivity contribution in [2.24, 2.45) is 16.8 Å². The average Bonchev–Trinajstić information content (AvgIpc) is 3.51. The molecule has 1 atom stereocenters. The fourth-order valence-electron chi connectivity index (χ4n) is 4.55. The molecule has 10 heteroatoms. The Bertz CT molecular complexity index is 749. The SMILES string of the molecule is CN=C(NCCCc1nnc(SC)n1CC(C)C)NC1CCN(C(=O)C2CCCC2)C1.I. The van der Waals surface area contributed by atoms with Crippen molar-refractivity contribution in [2.75, 3.05) is 32.9 Å². The normalized spacial score (nSPS) is 19.5. The van der Waals surface area contributed by atoms with Gasteiger partial charge in [-0.1, -0.05) is 38.5 Å². The summed E-state index contributed by atoms with van der Waals surface area (Å²) in [5, 5.41) is 16.6. The first-order valence-corrected chi connectivity index (χ1v) is 13.0. The molecule has 1 saturated heterocycles. The van der Waals surface area contributed by atoms with Crippen LogP contribution in [0.15, 0.2) is 10.1 Å². The Morgan fingerprint density at radius 1 is 1.25 bits per heavy atom. The van der Waals surface area contributed by atoms with Gasteiger partial charge in [0.05, 0.1) is 0 Å². The first-order valence-electron chi connectivity index (χ1n) is 11.7. The smallest absolute Gasteiger partial charge is 0.225 e. The van der Waals surface area contributed by atoms with E-state index in [-0.39, 0.29) is 35.9 Å². The van der Waals surface area contributed by atoms with Gasteiger partial charge in [-0.15, -0.1) is 34.2 Å². The van der Waals surface area contributed by atoms with Crippen LogP contribution < -0.4 is 10.6 Å². The van der Waals surface area contributed by atoms with Gasteiger partial charge >= 0.3 is 0 Å². The number of guanidine groups is 1. The van der Waals surface area contributed by atoms with E-state index in [0.717, 1.165) is 75.2 Å². The monoisotopic (exact) mass is 577 g/mol. The number of nitrogens with one attached hydrogen (secondary N) is 2. The number of aliphatic imine (C=N–C) groups is 1. The summed E-state index contributed by atoms with van der Waals surface area (Å²) < 4.78 is 2.25. The third-order valence-corrected chi connectivity index (χ3v) is 6.83. The number of amides is 1. The lowest BCUT2D eigenvalue weighted by molar-refractivity contribution is -0.134. The molecule has 0 spiro atoms. The molecule has 1 aliphatic heterocycles. The first-order chi connectivity index (χ1) is 15.0. The Labute approximate surface area is 214 Å². The van der Waals surface area contributed by atoms with Crippen LogP contribution in [0.3, 0.4) is 0 Å². The lowest BCUT2D eigenvalue weighted by Crippen LogP contribution is -2.45. The van der Waals surface area contributed by atoms with Gasteiger partial charge in [-0.3, -0.25) is 9.79 Å². The van der Waals surface area contributed by atoms with Crippen molar-refractivity contribution in [3.05, 3.63) is 5.82 Å². The molecular weight excluding hydrogens is 537 g/mol. The Morgan fingerprint density at radius 3 is 2.66 bits per heavy atom. The summed E-state index contributed by atoms with van der Waals surface area (Å²) in [5.74, 6) is 3.06. The van der Waals surface area contributed by atoms with Crippen LogP contribution >= 0.6 is 35.7 Å². The molecule has 1 aromatic rings. The summed E-state index contributed by atoms with van der Waals surface area (Å²) in [4.78, 5) is 19.1. The number of carbonyl (C=O) groups is 1. The van der Waals surface area contributed by atoms with Gasteiger partial charge in [-0.2, -0.15) is 0 Å². The Hall–Kier alpha value is -1.04. The summed E-state index contributed by atoms with van der Waals surface area (Å²) >= 11 is 1.65. The number of aryl methyl sites for hydroxylation is 1. The minimum atomic E-state index is 0. The minimum absolute atomic E-state index is 0. The van der Waals surface area contributed by atoms with Crippen molar-refractivity contribution in [3.8, 4) is 0 Å². The molecule has 0 bridgehead atoms. The number of rotatable bonds is 9. The van der Waals surface area contributed by atoms with Gasteiger partial charge in [-0.05, 0) is 37.9 Å². The van der Waals surface area contributed by atoms with Crippen molar-refractivity contribution in [3.63, 3.8) is 0 Å². The van der Waals surface area contributed by atoms with Crippen LogP contribution in [0.2, 0.25) is 0 Å². The molecule has 2 aliphatic rings.